The highest BCUT2D eigenvalue weighted by Crippen LogP contribution is 2.49. The van der Waals surface area contributed by atoms with Crippen LogP contribution < -0.4 is 4.74 Å². The lowest BCUT2D eigenvalue weighted by Crippen LogP contribution is -2.25. The van der Waals surface area contributed by atoms with E-state index < -0.39 is 0 Å². The van der Waals surface area contributed by atoms with Gasteiger partial charge in [0.1, 0.15) is 17.3 Å². The number of hydrogen-bond donors (Lipinski definition) is 1. The van der Waals surface area contributed by atoms with Gasteiger partial charge >= 0.3 is 0 Å². The van der Waals surface area contributed by atoms with Gasteiger partial charge in [-0.1, -0.05) is 178 Å². The number of rotatable bonds is 8. The van der Waals surface area contributed by atoms with Crippen molar-refractivity contribution in [2.45, 2.75) is 165 Å². The van der Waals surface area contributed by atoms with Gasteiger partial charge < -0.3 is 14.4 Å². The molecule has 7 rings (SSSR count). The van der Waals surface area contributed by atoms with Crippen molar-refractivity contribution in [3.8, 4) is 50.6 Å². The molecule has 0 aliphatic carbocycles. The maximum atomic E-state index is 15.7. The van der Waals surface area contributed by atoms with Crippen molar-refractivity contribution in [3.05, 3.63) is 136 Å². The van der Waals surface area contributed by atoms with Gasteiger partial charge in [0.25, 0.3) is 0 Å². The Hall–Kier alpha value is -5.35. The second-order valence-corrected chi connectivity index (χ2v) is 25.4. The van der Waals surface area contributed by atoms with Crippen molar-refractivity contribution >= 4 is 21.8 Å². The second-order valence-electron chi connectivity index (χ2n) is 25.4. The third kappa shape index (κ3) is 10.1. The van der Waals surface area contributed by atoms with Crippen LogP contribution in [0.2, 0.25) is 0 Å². The molecule has 0 aliphatic heterocycles. The van der Waals surface area contributed by atoms with E-state index in [1.807, 2.05) is 13.8 Å². The average Bonchev–Trinajstić information content (AvgIpc) is 3.52. The number of ether oxygens (including phenoxy) is 1. The van der Waals surface area contributed by atoms with E-state index in [1.165, 1.54) is 34.4 Å². The normalized spacial score (nSPS) is 13.3. The molecule has 0 fully saturated rings. The smallest absolute Gasteiger partial charge is 0.147 e. The van der Waals surface area contributed by atoms with E-state index in [1.54, 1.807) is 0 Å². The molecule has 1 N–H and O–H groups in total. The number of phenols is 1. The summed E-state index contributed by atoms with van der Waals surface area (Å²) in [5.41, 5.74) is 14.6. The van der Waals surface area contributed by atoms with E-state index in [2.05, 4.69) is 207 Å². The highest BCUT2D eigenvalue weighted by molar-refractivity contribution is 6.11. The largest absolute Gasteiger partial charge is 0.505 e. The quantitative estimate of drug-likeness (QED) is 0.165. The maximum absolute atomic E-state index is 15.7. The first-order chi connectivity index (χ1) is 30.8. The number of halogens is 1. The van der Waals surface area contributed by atoms with Gasteiger partial charge in [-0.05, 0) is 145 Å². The van der Waals surface area contributed by atoms with Crippen molar-refractivity contribution in [2.24, 2.45) is 5.41 Å². The summed E-state index contributed by atoms with van der Waals surface area (Å²) in [6.45, 7) is 43.0. The lowest BCUT2D eigenvalue weighted by atomic mass is 9.71. The van der Waals surface area contributed by atoms with Crippen LogP contribution in [0, 0.1) is 18.2 Å². The summed E-state index contributed by atoms with van der Waals surface area (Å²) in [5, 5.41) is 15.3. The van der Waals surface area contributed by atoms with Gasteiger partial charge in [-0.25, -0.2) is 4.39 Å². The number of aromatic hydroxyl groups is 1. The van der Waals surface area contributed by atoms with Crippen molar-refractivity contribution in [3.63, 3.8) is 0 Å². The summed E-state index contributed by atoms with van der Waals surface area (Å²) in [7, 11) is 0. The van der Waals surface area contributed by atoms with E-state index in [0.29, 0.717) is 34.7 Å². The van der Waals surface area contributed by atoms with Crippen LogP contribution in [0.1, 0.15) is 164 Å². The highest BCUT2D eigenvalue weighted by atomic mass is 19.1. The molecule has 3 nitrogen and oxygen atoms in total. The first-order valence-electron chi connectivity index (χ1n) is 24.5. The third-order valence-electron chi connectivity index (χ3n) is 13.7. The van der Waals surface area contributed by atoms with Gasteiger partial charge in [0, 0.05) is 21.9 Å². The van der Waals surface area contributed by atoms with Crippen LogP contribution in [-0.4, -0.2) is 16.3 Å². The minimum absolute atomic E-state index is 0.00524. The van der Waals surface area contributed by atoms with Gasteiger partial charge in [-0.3, -0.25) is 0 Å². The van der Waals surface area contributed by atoms with E-state index >= 15 is 4.39 Å². The topological polar surface area (TPSA) is 34.4 Å². The summed E-state index contributed by atoms with van der Waals surface area (Å²) in [4.78, 5) is 0. The lowest BCUT2D eigenvalue weighted by molar-refractivity contribution is 0.284. The van der Waals surface area contributed by atoms with Crippen molar-refractivity contribution in [1.82, 2.24) is 4.57 Å². The second kappa shape index (κ2) is 17.0. The molecule has 0 aliphatic rings. The fourth-order valence-corrected chi connectivity index (χ4v) is 10.0. The monoisotopic (exact) mass is 900 g/mol. The first-order valence-corrected chi connectivity index (χ1v) is 24.5. The number of fused-ring (bicyclic) bond motifs is 3. The zero-order chi connectivity index (χ0) is 49.6. The Morgan fingerprint density at radius 1 is 0.493 bits per heavy atom. The molecule has 0 radical (unpaired) electrons. The molecule has 0 spiro atoms. The van der Waals surface area contributed by atoms with Crippen LogP contribution in [0.15, 0.2) is 97.1 Å². The van der Waals surface area contributed by atoms with Gasteiger partial charge in [0.2, 0.25) is 0 Å². The van der Waals surface area contributed by atoms with E-state index in [-0.39, 0.29) is 44.1 Å². The molecule has 0 saturated heterocycles. The Labute approximate surface area is 402 Å². The van der Waals surface area contributed by atoms with Gasteiger partial charge in [-0.15, -0.1) is 0 Å². The van der Waals surface area contributed by atoms with Gasteiger partial charge in [-0.2, -0.15) is 0 Å². The molecule has 0 bridgehead atoms. The molecule has 67 heavy (non-hydrogen) atoms. The van der Waals surface area contributed by atoms with Crippen LogP contribution in [0.25, 0.3) is 60.9 Å². The molecule has 0 saturated carbocycles. The predicted octanol–water partition coefficient (Wildman–Crippen LogP) is 18.2. The molecule has 0 amide bonds. The van der Waals surface area contributed by atoms with Gasteiger partial charge in [0.05, 0.1) is 23.3 Å². The van der Waals surface area contributed by atoms with Crippen LogP contribution in [0.3, 0.4) is 0 Å². The summed E-state index contributed by atoms with van der Waals surface area (Å²) in [6, 6.07) is 35.1. The number of benzene rings is 6. The Morgan fingerprint density at radius 2 is 0.925 bits per heavy atom. The highest BCUT2D eigenvalue weighted by Gasteiger charge is 2.32. The fraction of sp³-hybridized carbons (Fsp3) is 0.429. The first kappa shape index (κ1) is 49.6. The molecule has 4 heteroatoms. The fourth-order valence-electron chi connectivity index (χ4n) is 10.0. The predicted molar refractivity (Wildman–Crippen MR) is 287 cm³/mol. The minimum Gasteiger partial charge on any atom is -0.505 e. The summed E-state index contributed by atoms with van der Waals surface area (Å²) in [5.74, 6) is 0.275. The van der Waals surface area contributed by atoms with Crippen LogP contribution in [-0.2, 0) is 27.1 Å². The van der Waals surface area contributed by atoms with Crippen LogP contribution in [0.4, 0.5) is 4.39 Å². The summed E-state index contributed by atoms with van der Waals surface area (Å²) in [6.07, 6.45) is 0.881. The van der Waals surface area contributed by atoms with Crippen LogP contribution in [0.5, 0.6) is 11.5 Å². The third-order valence-corrected chi connectivity index (χ3v) is 13.7. The molecule has 1 aromatic heterocycles. The maximum Gasteiger partial charge on any atom is 0.147 e. The number of aryl methyl sites for hydroxylation is 1. The SMILES string of the molecule is CCOc1c(C)cc(F)cc1-c1cc(C(C)(C)CC(C)(C)C)cc(-n2c3cc(-c4cc(C(C)(C)C)cc(C(C)(C)C)c4)ccc3c3ccc(-c4cc(C(C)(C)C)cc(C(C)(C)C)c4)cc32)c1O. The lowest BCUT2D eigenvalue weighted by Gasteiger charge is -2.34. The number of nitrogens with zero attached hydrogens (tertiary/aromatic N) is 1. The molecule has 0 unspecified atom stereocenters. The van der Waals surface area contributed by atoms with E-state index in [9.17, 15) is 5.11 Å². The molecule has 354 valence electrons. The van der Waals surface area contributed by atoms with Crippen molar-refractivity contribution < 1.29 is 14.2 Å². The van der Waals surface area contributed by atoms with Gasteiger partial charge in [0.15, 0.2) is 0 Å². The Kier molecular flexibility index (Phi) is 12.6. The number of hydrogen-bond acceptors (Lipinski definition) is 2. The molecule has 0 atom stereocenters. The summed E-state index contributed by atoms with van der Waals surface area (Å²) < 4.78 is 24.3. The van der Waals surface area contributed by atoms with Crippen molar-refractivity contribution in [1.29, 1.82) is 0 Å². The number of aromatic nitrogens is 1. The van der Waals surface area contributed by atoms with Crippen molar-refractivity contribution in [2.75, 3.05) is 6.61 Å². The van der Waals surface area contributed by atoms with E-state index in [0.717, 1.165) is 56.0 Å². The standard InChI is InChI=1S/C63H78FNO2/c1-20-67-57-38(2)25-48(64)36-52(57)51-34-47(63(18,19)37-58(3,4)5)35-55(56(51)66)65-53-30-39(41-26-43(59(6,7)8)32-44(27-41)60(9,10)11)21-23-49(53)50-24-22-40(31-54(50)65)42-28-45(61(12,13)14)33-46(29-42)62(15,16)17/h21-36,66H,20,37H2,1-19H3. The average molecular weight is 900 g/mol. The number of phenolic OH excluding ortho intramolecular Hbond substituents is 1. The van der Waals surface area contributed by atoms with Crippen LogP contribution >= 0.6 is 0 Å². The summed E-state index contributed by atoms with van der Waals surface area (Å²) >= 11 is 0. The Balaban J connectivity index is 1.66. The molecule has 7 aromatic rings. The Bertz CT molecular complexity index is 2820. The van der Waals surface area contributed by atoms with E-state index in [4.69, 9.17) is 4.74 Å². The minimum atomic E-state index is -0.373. The Morgan fingerprint density at radius 3 is 1.31 bits per heavy atom. The zero-order valence-corrected chi connectivity index (χ0v) is 44.3. The molecule has 6 aromatic carbocycles. The molecule has 1 heterocycles. The zero-order valence-electron chi connectivity index (χ0n) is 44.3. The molecular formula is C63H78FNO2. The molecular weight excluding hydrogens is 822 g/mol.